The molecular weight excluding hydrogens is 389 g/mol. The summed E-state index contributed by atoms with van der Waals surface area (Å²) in [5, 5.41) is 11.1. The minimum absolute atomic E-state index is 0.0499. The first-order valence-electron chi connectivity index (χ1n) is 9.25. The van der Waals surface area contributed by atoms with Gasteiger partial charge in [-0.3, -0.25) is 15.0 Å². The normalized spacial score (nSPS) is 15.3. The van der Waals surface area contributed by atoms with E-state index in [1.165, 1.54) is 30.3 Å². The number of nitro groups is 1. The molecule has 1 heterocycles. The summed E-state index contributed by atoms with van der Waals surface area (Å²) >= 11 is 0. The van der Waals surface area contributed by atoms with E-state index < -0.39 is 16.7 Å². The Kier molecular flexibility index (Phi) is 6.71. The van der Waals surface area contributed by atoms with Crippen molar-refractivity contribution in [2.75, 3.05) is 32.8 Å². The van der Waals surface area contributed by atoms with Gasteiger partial charge in [0, 0.05) is 30.8 Å². The number of rotatable bonds is 7. The maximum Gasteiger partial charge on any atom is 0.416 e. The average molecular weight is 410 g/mol. The Morgan fingerprint density at radius 2 is 1.79 bits per heavy atom. The first-order chi connectivity index (χ1) is 13.8. The topological polar surface area (TPSA) is 64.8 Å². The Balaban J connectivity index is 1.71. The molecule has 0 radical (unpaired) electrons. The molecule has 1 aliphatic heterocycles. The van der Waals surface area contributed by atoms with E-state index in [-0.39, 0.29) is 11.4 Å². The fraction of sp³-hybridized carbons (Fsp3) is 0.400. The summed E-state index contributed by atoms with van der Waals surface area (Å²) in [7, 11) is 0. The summed E-state index contributed by atoms with van der Waals surface area (Å²) in [6, 6.07) is 8.63. The van der Waals surface area contributed by atoms with Crippen LogP contribution < -0.4 is 4.74 Å². The van der Waals surface area contributed by atoms with Crippen LogP contribution in [0.25, 0.3) is 0 Å². The van der Waals surface area contributed by atoms with Crippen molar-refractivity contribution in [3.05, 3.63) is 63.7 Å². The molecule has 156 valence electrons. The van der Waals surface area contributed by atoms with Crippen LogP contribution in [0.15, 0.2) is 42.5 Å². The van der Waals surface area contributed by atoms with Crippen LogP contribution in [-0.2, 0) is 17.3 Å². The van der Waals surface area contributed by atoms with Crippen molar-refractivity contribution >= 4 is 5.69 Å². The number of aryl methyl sites for hydroxylation is 1. The van der Waals surface area contributed by atoms with E-state index in [1.54, 1.807) is 0 Å². The molecule has 0 amide bonds. The minimum Gasteiger partial charge on any atom is -0.457 e. The van der Waals surface area contributed by atoms with Crippen molar-refractivity contribution in [2.45, 2.75) is 19.0 Å². The molecule has 9 heteroatoms. The third-order valence-corrected chi connectivity index (χ3v) is 4.69. The molecule has 0 atom stereocenters. The molecule has 1 saturated heterocycles. The molecule has 3 rings (SSSR count). The van der Waals surface area contributed by atoms with Crippen LogP contribution in [0.1, 0.15) is 17.5 Å². The lowest BCUT2D eigenvalue weighted by Gasteiger charge is -2.26. The van der Waals surface area contributed by atoms with Crippen molar-refractivity contribution in [1.29, 1.82) is 0 Å². The second-order valence-electron chi connectivity index (χ2n) is 6.73. The van der Waals surface area contributed by atoms with Gasteiger partial charge in [0.05, 0.1) is 23.7 Å². The van der Waals surface area contributed by atoms with Gasteiger partial charge in [-0.15, -0.1) is 0 Å². The number of morpholine rings is 1. The zero-order chi connectivity index (χ0) is 20.9. The second-order valence-corrected chi connectivity index (χ2v) is 6.73. The molecule has 0 spiro atoms. The molecule has 1 fully saturated rings. The summed E-state index contributed by atoms with van der Waals surface area (Å²) < 4.78 is 49.2. The summed E-state index contributed by atoms with van der Waals surface area (Å²) in [6.07, 6.45) is -3.10. The quantitative estimate of drug-likeness (QED) is 0.490. The zero-order valence-electron chi connectivity index (χ0n) is 15.7. The maximum atomic E-state index is 12.7. The lowest BCUT2D eigenvalue weighted by molar-refractivity contribution is -0.384. The number of non-ortho nitro benzene ring substituents is 1. The highest BCUT2D eigenvalue weighted by Crippen LogP contribution is 2.33. The number of ether oxygens (including phenoxy) is 2. The molecule has 6 nitrogen and oxygen atoms in total. The fourth-order valence-electron chi connectivity index (χ4n) is 3.13. The van der Waals surface area contributed by atoms with E-state index in [2.05, 4.69) is 4.90 Å². The number of nitro benzene ring substituents is 1. The van der Waals surface area contributed by atoms with E-state index in [0.29, 0.717) is 30.9 Å². The van der Waals surface area contributed by atoms with Gasteiger partial charge in [-0.1, -0.05) is 0 Å². The number of benzene rings is 2. The summed E-state index contributed by atoms with van der Waals surface area (Å²) in [5.74, 6) is 0.638. The second kappa shape index (κ2) is 9.23. The average Bonchev–Trinajstić information content (AvgIpc) is 2.69. The van der Waals surface area contributed by atoms with Gasteiger partial charge in [0.1, 0.15) is 11.5 Å². The standard InChI is InChI=1S/C20H21F3N2O4/c21-20(22,23)16-3-6-18(7-4-16)29-19-8-5-17(25(26)27)14-15(19)2-1-9-24-10-12-28-13-11-24/h3-8,14H,1-2,9-13H2. The molecule has 1 aliphatic rings. The Morgan fingerprint density at radius 1 is 1.10 bits per heavy atom. The fourth-order valence-corrected chi connectivity index (χ4v) is 3.13. The van der Waals surface area contributed by atoms with Crippen LogP contribution in [0.4, 0.5) is 18.9 Å². The Labute approximate surface area is 166 Å². The van der Waals surface area contributed by atoms with Gasteiger partial charge in [0.2, 0.25) is 0 Å². The summed E-state index contributed by atoms with van der Waals surface area (Å²) in [5.41, 5.74) is -0.169. The number of hydrogen-bond acceptors (Lipinski definition) is 5. The number of halogens is 3. The van der Waals surface area contributed by atoms with Crippen molar-refractivity contribution in [3.63, 3.8) is 0 Å². The van der Waals surface area contributed by atoms with E-state index in [4.69, 9.17) is 9.47 Å². The van der Waals surface area contributed by atoms with E-state index in [0.717, 1.165) is 38.2 Å². The molecule has 2 aromatic carbocycles. The number of nitrogens with zero attached hydrogens (tertiary/aromatic N) is 2. The number of alkyl halides is 3. The van der Waals surface area contributed by atoms with E-state index >= 15 is 0 Å². The van der Waals surface area contributed by atoms with Crippen molar-refractivity contribution in [3.8, 4) is 11.5 Å². The first kappa shape index (κ1) is 21.1. The molecule has 0 bridgehead atoms. The molecule has 0 aliphatic carbocycles. The molecular formula is C20H21F3N2O4. The minimum atomic E-state index is -4.42. The predicted molar refractivity (Wildman–Crippen MR) is 100 cm³/mol. The monoisotopic (exact) mass is 410 g/mol. The highest BCUT2D eigenvalue weighted by atomic mass is 19.4. The lowest BCUT2D eigenvalue weighted by atomic mass is 10.1. The highest BCUT2D eigenvalue weighted by molar-refractivity contribution is 5.46. The third kappa shape index (κ3) is 5.91. The molecule has 0 aromatic heterocycles. The van der Waals surface area contributed by atoms with E-state index in [1.807, 2.05) is 0 Å². The van der Waals surface area contributed by atoms with Crippen LogP contribution in [0, 0.1) is 10.1 Å². The number of hydrogen-bond donors (Lipinski definition) is 0. The van der Waals surface area contributed by atoms with Crippen LogP contribution in [0.2, 0.25) is 0 Å². The van der Waals surface area contributed by atoms with E-state index in [9.17, 15) is 23.3 Å². The van der Waals surface area contributed by atoms with Crippen LogP contribution in [-0.4, -0.2) is 42.7 Å². The molecule has 0 unspecified atom stereocenters. The van der Waals surface area contributed by atoms with Crippen LogP contribution >= 0.6 is 0 Å². The first-order valence-corrected chi connectivity index (χ1v) is 9.25. The third-order valence-electron chi connectivity index (χ3n) is 4.69. The van der Waals surface area contributed by atoms with Gasteiger partial charge in [0.25, 0.3) is 5.69 Å². The van der Waals surface area contributed by atoms with Gasteiger partial charge in [-0.05, 0) is 49.7 Å². The van der Waals surface area contributed by atoms with Crippen molar-refractivity contribution in [2.24, 2.45) is 0 Å². The predicted octanol–water partition coefficient (Wildman–Crippen LogP) is 4.67. The largest absolute Gasteiger partial charge is 0.457 e. The Morgan fingerprint density at radius 3 is 2.41 bits per heavy atom. The SMILES string of the molecule is O=[N+]([O-])c1ccc(Oc2ccc(C(F)(F)F)cc2)c(CCCN2CCOCC2)c1. The van der Waals surface area contributed by atoms with Gasteiger partial charge >= 0.3 is 6.18 Å². The molecule has 29 heavy (non-hydrogen) atoms. The molecule has 2 aromatic rings. The van der Waals surface area contributed by atoms with Gasteiger partial charge in [-0.25, -0.2) is 0 Å². The smallest absolute Gasteiger partial charge is 0.416 e. The zero-order valence-corrected chi connectivity index (χ0v) is 15.7. The Bertz CT molecular complexity index is 835. The van der Waals surface area contributed by atoms with Crippen LogP contribution in [0.3, 0.4) is 0 Å². The van der Waals surface area contributed by atoms with Gasteiger partial charge < -0.3 is 9.47 Å². The van der Waals surface area contributed by atoms with Gasteiger partial charge in [-0.2, -0.15) is 13.2 Å². The van der Waals surface area contributed by atoms with Crippen LogP contribution in [0.5, 0.6) is 11.5 Å². The highest BCUT2D eigenvalue weighted by Gasteiger charge is 2.30. The van der Waals surface area contributed by atoms with Crippen molar-refractivity contribution < 1.29 is 27.6 Å². The maximum absolute atomic E-state index is 12.7. The van der Waals surface area contributed by atoms with Gasteiger partial charge in [0.15, 0.2) is 0 Å². The van der Waals surface area contributed by atoms with Crippen molar-refractivity contribution in [1.82, 2.24) is 4.90 Å². The Hall–Kier alpha value is -2.65. The summed E-state index contributed by atoms with van der Waals surface area (Å²) in [6.45, 7) is 3.91. The molecule has 0 saturated carbocycles. The summed E-state index contributed by atoms with van der Waals surface area (Å²) in [4.78, 5) is 12.9. The molecule has 0 N–H and O–H groups in total. The lowest BCUT2D eigenvalue weighted by Crippen LogP contribution is -2.36.